The Hall–Kier alpha value is -1.03. The van der Waals surface area contributed by atoms with Gasteiger partial charge in [0.1, 0.15) is 0 Å². The fraction of sp³-hybridized carbons (Fsp3) is 0.333. The van der Waals surface area contributed by atoms with Crippen LogP contribution < -0.4 is 0 Å². The van der Waals surface area contributed by atoms with E-state index in [2.05, 4.69) is 9.98 Å². The van der Waals surface area contributed by atoms with Crippen LogP contribution >= 0.6 is 11.6 Å². The molecule has 0 saturated carbocycles. The van der Waals surface area contributed by atoms with Crippen LogP contribution in [0, 0.1) is 6.92 Å². The van der Waals surface area contributed by atoms with Gasteiger partial charge >= 0.3 is 0 Å². The van der Waals surface area contributed by atoms with Crippen molar-refractivity contribution < 1.29 is 8.78 Å². The Morgan fingerprint density at radius 2 is 2.21 bits per heavy atom. The van der Waals surface area contributed by atoms with E-state index < -0.39 is 6.43 Å². The molecule has 0 aliphatic rings. The summed E-state index contributed by atoms with van der Waals surface area (Å²) in [4.78, 5) is 7.54. The fourth-order valence-electron chi connectivity index (χ4n) is 0.866. The second kappa shape index (κ2) is 4.46. The molecule has 0 spiro atoms. The lowest BCUT2D eigenvalue weighted by molar-refractivity contribution is 0.225. The largest absolute Gasteiger partial charge is 0.276 e. The second-order valence-electron chi connectivity index (χ2n) is 2.85. The van der Waals surface area contributed by atoms with Gasteiger partial charge in [-0.1, -0.05) is 11.6 Å². The molecule has 2 nitrogen and oxygen atoms in total. The number of aryl methyl sites for hydroxylation is 1. The van der Waals surface area contributed by atoms with Gasteiger partial charge in [-0.3, -0.25) is 0 Å². The second-order valence-corrected chi connectivity index (χ2v) is 3.28. The lowest BCUT2D eigenvalue weighted by atomic mass is 10.3. The maximum absolute atomic E-state index is 12.1. The lowest BCUT2D eigenvalue weighted by Gasteiger charge is -2.01. The first-order chi connectivity index (χ1) is 6.50. The van der Waals surface area contributed by atoms with Crippen LogP contribution in [0.1, 0.15) is 12.5 Å². The Morgan fingerprint density at radius 3 is 2.71 bits per heavy atom. The summed E-state index contributed by atoms with van der Waals surface area (Å²) >= 11 is 5.66. The van der Waals surface area contributed by atoms with Crippen molar-refractivity contribution >= 4 is 23.1 Å². The standard InChI is InChI=1S/C9H9ClF2N2/c1-5-3-7(10)4-13-9(5)14-6(2)8(11)12/h3-4,8H,1-2H3. The third kappa shape index (κ3) is 2.73. The molecule has 76 valence electrons. The zero-order valence-corrected chi connectivity index (χ0v) is 8.52. The zero-order chi connectivity index (χ0) is 10.7. The highest BCUT2D eigenvalue weighted by Gasteiger charge is 2.08. The Kier molecular flexibility index (Phi) is 3.52. The maximum atomic E-state index is 12.1. The number of hydrogen-bond acceptors (Lipinski definition) is 2. The first-order valence-corrected chi connectivity index (χ1v) is 4.34. The van der Waals surface area contributed by atoms with Crippen LogP contribution in [0.15, 0.2) is 17.3 Å². The van der Waals surface area contributed by atoms with Crippen LogP contribution in [0.4, 0.5) is 14.6 Å². The molecule has 0 atom stereocenters. The molecule has 1 heterocycles. The van der Waals surface area contributed by atoms with E-state index in [0.717, 1.165) is 0 Å². The van der Waals surface area contributed by atoms with Crippen LogP contribution in [0.2, 0.25) is 5.02 Å². The van der Waals surface area contributed by atoms with E-state index in [1.165, 1.54) is 13.1 Å². The predicted octanol–water partition coefficient (Wildman–Crippen LogP) is 3.40. The van der Waals surface area contributed by atoms with Gasteiger partial charge < -0.3 is 0 Å². The normalized spacial score (nSPS) is 12.3. The molecule has 1 aromatic rings. The number of hydrogen-bond donors (Lipinski definition) is 0. The third-order valence-corrected chi connectivity index (χ3v) is 1.82. The topological polar surface area (TPSA) is 25.2 Å². The molecule has 0 amide bonds. The molecule has 0 N–H and O–H groups in total. The van der Waals surface area contributed by atoms with Gasteiger partial charge in [0.05, 0.1) is 10.7 Å². The third-order valence-electron chi connectivity index (χ3n) is 1.62. The quantitative estimate of drug-likeness (QED) is 0.699. The Balaban J connectivity index is 3.03. The number of rotatable bonds is 2. The Morgan fingerprint density at radius 1 is 1.57 bits per heavy atom. The first kappa shape index (κ1) is 11.0. The molecular weight excluding hydrogens is 210 g/mol. The fourth-order valence-corrected chi connectivity index (χ4v) is 1.08. The minimum atomic E-state index is -2.55. The number of aliphatic imine (C=N–C) groups is 1. The van der Waals surface area contributed by atoms with E-state index in [0.29, 0.717) is 10.6 Å². The summed E-state index contributed by atoms with van der Waals surface area (Å²) in [5.74, 6) is 0.284. The van der Waals surface area contributed by atoms with Gasteiger partial charge in [0.2, 0.25) is 0 Å². The summed E-state index contributed by atoms with van der Waals surface area (Å²) in [5.41, 5.74) is 0.431. The van der Waals surface area contributed by atoms with Crippen LogP contribution in [-0.4, -0.2) is 17.1 Å². The molecule has 1 rings (SSSR count). The molecule has 1 aromatic heterocycles. The van der Waals surface area contributed by atoms with Crippen molar-refractivity contribution in [3.63, 3.8) is 0 Å². The van der Waals surface area contributed by atoms with Crippen molar-refractivity contribution in [3.05, 3.63) is 22.8 Å². The molecule has 0 aliphatic carbocycles. The summed E-state index contributed by atoms with van der Waals surface area (Å²) in [7, 11) is 0. The summed E-state index contributed by atoms with van der Waals surface area (Å²) in [6.45, 7) is 2.98. The Labute approximate surface area is 85.6 Å². The molecule has 0 aliphatic heterocycles. The predicted molar refractivity (Wildman–Crippen MR) is 52.8 cm³/mol. The molecule has 14 heavy (non-hydrogen) atoms. The van der Waals surface area contributed by atoms with Crippen LogP contribution in [0.25, 0.3) is 0 Å². The molecule has 0 bridgehead atoms. The number of pyridine rings is 1. The van der Waals surface area contributed by atoms with Crippen LogP contribution in [0.5, 0.6) is 0 Å². The molecular formula is C9H9ClF2N2. The van der Waals surface area contributed by atoms with E-state index in [4.69, 9.17) is 11.6 Å². The van der Waals surface area contributed by atoms with E-state index in [1.54, 1.807) is 13.0 Å². The van der Waals surface area contributed by atoms with Gasteiger partial charge in [-0.25, -0.2) is 18.8 Å². The van der Waals surface area contributed by atoms with E-state index in [9.17, 15) is 8.78 Å². The molecule has 0 radical (unpaired) electrons. The SMILES string of the molecule is CC(=Nc1ncc(Cl)cc1C)C(F)F. The van der Waals surface area contributed by atoms with Crippen molar-refractivity contribution in [2.45, 2.75) is 20.3 Å². The zero-order valence-electron chi connectivity index (χ0n) is 7.76. The minimum absolute atomic E-state index is 0.247. The van der Waals surface area contributed by atoms with Crippen molar-refractivity contribution in [2.75, 3.05) is 0 Å². The number of nitrogens with zero attached hydrogens (tertiary/aromatic N) is 2. The first-order valence-electron chi connectivity index (χ1n) is 3.96. The van der Waals surface area contributed by atoms with Gasteiger partial charge in [0.15, 0.2) is 5.82 Å². The molecule has 0 aromatic carbocycles. The summed E-state index contributed by atoms with van der Waals surface area (Å²) in [6, 6.07) is 1.63. The van der Waals surface area contributed by atoms with Gasteiger partial charge in [0, 0.05) is 6.20 Å². The summed E-state index contributed by atoms with van der Waals surface area (Å²) in [5, 5.41) is 0.469. The molecule has 5 heteroatoms. The van der Waals surface area contributed by atoms with Crippen LogP contribution in [0.3, 0.4) is 0 Å². The Bertz CT molecular complexity index is 364. The maximum Gasteiger partial charge on any atom is 0.276 e. The minimum Gasteiger partial charge on any atom is -0.235 e. The van der Waals surface area contributed by atoms with E-state index >= 15 is 0 Å². The summed E-state index contributed by atoms with van der Waals surface area (Å²) < 4.78 is 24.3. The van der Waals surface area contributed by atoms with Crippen molar-refractivity contribution in [1.82, 2.24) is 4.98 Å². The highest BCUT2D eigenvalue weighted by atomic mass is 35.5. The summed E-state index contributed by atoms with van der Waals surface area (Å²) in [6.07, 6.45) is -1.17. The number of aromatic nitrogens is 1. The number of alkyl halides is 2. The monoisotopic (exact) mass is 218 g/mol. The van der Waals surface area contributed by atoms with Gasteiger partial charge in [-0.15, -0.1) is 0 Å². The highest BCUT2D eigenvalue weighted by molar-refractivity contribution is 6.30. The molecule has 0 fully saturated rings. The average molecular weight is 219 g/mol. The van der Waals surface area contributed by atoms with E-state index in [-0.39, 0.29) is 11.5 Å². The smallest absolute Gasteiger partial charge is 0.235 e. The highest BCUT2D eigenvalue weighted by Crippen LogP contribution is 2.19. The van der Waals surface area contributed by atoms with Gasteiger partial charge in [-0.2, -0.15) is 0 Å². The van der Waals surface area contributed by atoms with Crippen molar-refractivity contribution in [1.29, 1.82) is 0 Å². The van der Waals surface area contributed by atoms with Gasteiger partial charge in [-0.05, 0) is 25.5 Å². The van der Waals surface area contributed by atoms with Crippen LogP contribution in [-0.2, 0) is 0 Å². The van der Waals surface area contributed by atoms with E-state index in [1.807, 2.05) is 0 Å². The van der Waals surface area contributed by atoms with Crippen molar-refractivity contribution in [2.24, 2.45) is 4.99 Å². The number of halogens is 3. The average Bonchev–Trinajstić information content (AvgIpc) is 2.09. The molecule has 0 unspecified atom stereocenters. The van der Waals surface area contributed by atoms with Gasteiger partial charge in [0.25, 0.3) is 6.43 Å². The lowest BCUT2D eigenvalue weighted by Crippen LogP contribution is -2.04. The van der Waals surface area contributed by atoms with Crippen molar-refractivity contribution in [3.8, 4) is 0 Å². The molecule has 0 saturated heterocycles.